The Morgan fingerprint density at radius 2 is 1.76 bits per heavy atom. The highest BCUT2D eigenvalue weighted by molar-refractivity contribution is 6.32. The summed E-state index contributed by atoms with van der Waals surface area (Å²) in [6, 6.07) is 6.88. The molecule has 1 unspecified atom stereocenters. The number of aliphatic hydroxyl groups excluding tert-OH is 1. The lowest BCUT2D eigenvalue weighted by atomic mass is 10.0. The molecule has 2 aromatic carbocycles. The molecule has 0 aliphatic heterocycles. The summed E-state index contributed by atoms with van der Waals surface area (Å²) in [7, 11) is 2.92. The maximum Gasteiger partial charge on any atom is 0.179 e. The lowest BCUT2D eigenvalue weighted by Crippen LogP contribution is -2.03. The maximum atomic E-state index is 13.3. The molecule has 0 amide bonds. The van der Waals surface area contributed by atoms with Crippen molar-refractivity contribution in [2.24, 2.45) is 0 Å². The molecular weight excluding hydrogens is 318 g/mol. The fraction of sp³-hybridized carbons (Fsp3) is 0.200. The molecular formula is C15H13Cl2FO3. The number of hydrogen-bond acceptors (Lipinski definition) is 3. The number of aliphatic hydroxyl groups is 1. The maximum absolute atomic E-state index is 13.3. The van der Waals surface area contributed by atoms with Gasteiger partial charge in [0.25, 0.3) is 0 Å². The van der Waals surface area contributed by atoms with E-state index in [1.807, 2.05) is 0 Å². The van der Waals surface area contributed by atoms with Crippen molar-refractivity contribution < 1.29 is 19.0 Å². The number of ether oxygens (including phenoxy) is 2. The molecule has 0 bridgehead atoms. The van der Waals surface area contributed by atoms with Gasteiger partial charge in [-0.05, 0) is 35.9 Å². The van der Waals surface area contributed by atoms with Crippen molar-refractivity contribution in [1.82, 2.24) is 0 Å². The smallest absolute Gasteiger partial charge is 0.179 e. The average Bonchev–Trinajstić information content (AvgIpc) is 2.48. The normalized spacial score (nSPS) is 12.1. The van der Waals surface area contributed by atoms with E-state index in [9.17, 15) is 9.50 Å². The average molecular weight is 331 g/mol. The monoisotopic (exact) mass is 330 g/mol. The number of rotatable bonds is 4. The largest absolute Gasteiger partial charge is 0.493 e. The fourth-order valence-corrected chi connectivity index (χ4v) is 2.52. The van der Waals surface area contributed by atoms with Gasteiger partial charge in [0.05, 0.1) is 19.2 Å². The zero-order valence-corrected chi connectivity index (χ0v) is 12.9. The van der Waals surface area contributed by atoms with E-state index in [2.05, 4.69) is 0 Å². The molecule has 0 saturated carbocycles. The van der Waals surface area contributed by atoms with E-state index in [1.165, 1.54) is 38.5 Å². The Balaban J connectivity index is 2.50. The number of methoxy groups -OCH3 is 2. The molecule has 0 radical (unpaired) electrons. The lowest BCUT2D eigenvalue weighted by molar-refractivity contribution is 0.219. The van der Waals surface area contributed by atoms with Crippen LogP contribution in [0.3, 0.4) is 0 Å². The molecule has 112 valence electrons. The highest BCUT2D eigenvalue weighted by Gasteiger charge is 2.19. The minimum atomic E-state index is -1.13. The summed E-state index contributed by atoms with van der Waals surface area (Å²) >= 11 is 12.1. The van der Waals surface area contributed by atoms with E-state index in [1.54, 1.807) is 6.07 Å². The van der Waals surface area contributed by atoms with Gasteiger partial charge in [-0.25, -0.2) is 4.39 Å². The number of benzene rings is 2. The molecule has 2 rings (SSSR count). The quantitative estimate of drug-likeness (QED) is 0.911. The van der Waals surface area contributed by atoms with Gasteiger partial charge in [0.1, 0.15) is 11.9 Å². The standard InChI is InChI=1S/C15H13Cl2FO3/c1-20-13-6-8(5-12(17)15(13)21-2)14(19)10-7-9(18)3-4-11(10)16/h3-7,14,19H,1-2H3. The lowest BCUT2D eigenvalue weighted by Gasteiger charge is -2.17. The summed E-state index contributed by atoms with van der Waals surface area (Å²) in [5.74, 6) is 0.243. The minimum absolute atomic E-state index is 0.250. The first kappa shape index (κ1) is 15.9. The van der Waals surface area contributed by atoms with Crippen LogP contribution in [0.1, 0.15) is 17.2 Å². The van der Waals surface area contributed by atoms with E-state index in [-0.39, 0.29) is 15.6 Å². The van der Waals surface area contributed by atoms with Crippen molar-refractivity contribution in [2.45, 2.75) is 6.10 Å². The SMILES string of the molecule is COc1cc(C(O)c2cc(F)ccc2Cl)cc(Cl)c1OC. The first-order valence-electron chi connectivity index (χ1n) is 6.02. The molecule has 0 saturated heterocycles. The molecule has 1 N–H and O–H groups in total. The summed E-state index contributed by atoms with van der Waals surface area (Å²) in [6.07, 6.45) is -1.13. The van der Waals surface area contributed by atoms with E-state index in [4.69, 9.17) is 32.7 Å². The Bertz CT molecular complexity index is 662. The van der Waals surface area contributed by atoms with Gasteiger partial charge in [-0.2, -0.15) is 0 Å². The molecule has 0 fully saturated rings. The van der Waals surface area contributed by atoms with Gasteiger partial charge in [-0.15, -0.1) is 0 Å². The van der Waals surface area contributed by atoms with Gasteiger partial charge in [-0.1, -0.05) is 23.2 Å². The molecule has 6 heteroatoms. The van der Waals surface area contributed by atoms with Crippen LogP contribution < -0.4 is 9.47 Å². The Labute approximate surface area is 131 Å². The highest BCUT2D eigenvalue weighted by atomic mass is 35.5. The van der Waals surface area contributed by atoms with Crippen molar-refractivity contribution in [3.8, 4) is 11.5 Å². The molecule has 0 aliphatic rings. The van der Waals surface area contributed by atoms with Gasteiger partial charge in [0, 0.05) is 10.6 Å². The van der Waals surface area contributed by atoms with Crippen LogP contribution in [-0.2, 0) is 0 Å². The predicted molar refractivity (Wildman–Crippen MR) is 80.0 cm³/mol. The van der Waals surface area contributed by atoms with Crippen molar-refractivity contribution in [3.63, 3.8) is 0 Å². The third-order valence-corrected chi connectivity index (χ3v) is 3.65. The molecule has 0 aromatic heterocycles. The third-order valence-electron chi connectivity index (χ3n) is 3.02. The summed E-state index contributed by atoms with van der Waals surface area (Å²) < 4.78 is 23.6. The highest BCUT2D eigenvalue weighted by Crippen LogP contribution is 2.39. The topological polar surface area (TPSA) is 38.7 Å². The van der Waals surface area contributed by atoms with Crippen molar-refractivity contribution in [3.05, 3.63) is 57.3 Å². The Kier molecular flexibility index (Phi) is 4.93. The van der Waals surface area contributed by atoms with Crippen LogP contribution in [-0.4, -0.2) is 19.3 Å². The second-order valence-corrected chi connectivity index (χ2v) is 5.12. The summed E-state index contributed by atoms with van der Waals surface area (Å²) in [4.78, 5) is 0. The first-order chi connectivity index (χ1) is 9.97. The van der Waals surface area contributed by atoms with E-state index >= 15 is 0 Å². The molecule has 3 nitrogen and oxygen atoms in total. The van der Waals surface area contributed by atoms with Crippen LogP contribution in [0.5, 0.6) is 11.5 Å². The van der Waals surface area contributed by atoms with Gasteiger partial charge in [0.2, 0.25) is 0 Å². The zero-order chi connectivity index (χ0) is 15.6. The van der Waals surface area contributed by atoms with Crippen LogP contribution in [0.25, 0.3) is 0 Å². The minimum Gasteiger partial charge on any atom is -0.493 e. The zero-order valence-electron chi connectivity index (χ0n) is 11.4. The second-order valence-electron chi connectivity index (χ2n) is 4.31. The van der Waals surface area contributed by atoms with Crippen molar-refractivity contribution in [1.29, 1.82) is 0 Å². The van der Waals surface area contributed by atoms with E-state index in [0.29, 0.717) is 17.1 Å². The second kappa shape index (κ2) is 6.52. The van der Waals surface area contributed by atoms with Gasteiger partial charge >= 0.3 is 0 Å². The third kappa shape index (κ3) is 3.23. The molecule has 0 heterocycles. The van der Waals surface area contributed by atoms with Gasteiger partial charge in [0.15, 0.2) is 11.5 Å². The number of halogens is 3. The number of hydrogen-bond donors (Lipinski definition) is 1. The summed E-state index contributed by atoms with van der Waals surface area (Å²) in [5, 5.41) is 10.9. The van der Waals surface area contributed by atoms with Crippen molar-refractivity contribution >= 4 is 23.2 Å². The van der Waals surface area contributed by atoms with Crippen LogP contribution in [0, 0.1) is 5.82 Å². The molecule has 0 aliphatic carbocycles. The van der Waals surface area contributed by atoms with Gasteiger partial charge in [-0.3, -0.25) is 0 Å². The molecule has 1 atom stereocenters. The molecule has 0 spiro atoms. The van der Waals surface area contributed by atoms with E-state index < -0.39 is 11.9 Å². The Morgan fingerprint density at radius 3 is 2.38 bits per heavy atom. The first-order valence-corrected chi connectivity index (χ1v) is 6.78. The predicted octanol–water partition coefficient (Wildman–Crippen LogP) is 4.23. The van der Waals surface area contributed by atoms with Crippen LogP contribution in [0.2, 0.25) is 10.0 Å². The Hall–Kier alpha value is -1.49. The fourth-order valence-electron chi connectivity index (χ4n) is 2.00. The Morgan fingerprint density at radius 1 is 1.05 bits per heavy atom. The summed E-state index contributed by atoms with van der Waals surface area (Å²) in [5.41, 5.74) is 0.671. The van der Waals surface area contributed by atoms with Gasteiger partial charge < -0.3 is 14.6 Å². The van der Waals surface area contributed by atoms with Crippen LogP contribution in [0.4, 0.5) is 4.39 Å². The summed E-state index contributed by atoms with van der Waals surface area (Å²) in [6.45, 7) is 0. The van der Waals surface area contributed by atoms with E-state index in [0.717, 1.165) is 0 Å². The van der Waals surface area contributed by atoms with Crippen LogP contribution in [0.15, 0.2) is 30.3 Å². The molecule has 2 aromatic rings. The van der Waals surface area contributed by atoms with Crippen LogP contribution >= 0.6 is 23.2 Å². The molecule has 21 heavy (non-hydrogen) atoms. The van der Waals surface area contributed by atoms with Crippen molar-refractivity contribution in [2.75, 3.05) is 14.2 Å².